The Labute approximate surface area is 147 Å². The smallest absolute Gasteiger partial charge is 0.338 e. The van der Waals surface area contributed by atoms with Crippen LogP contribution in [0.15, 0.2) is 51.9 Å². The molecular formula is C18H15BrN2O3. The van der Waals surface area contributed by atoms with Crippen LogP contribution in [0.5, 0.6) is 0 Å². The highest BCUT2D eigenvalue weighted by Gasteiger charge is 2.10. The van der Waals surface area contributed by atoms with Gasteiger partial charge in [-0.05, 0) is 65.2 Å². The van der Waals surface area contributed by atoms with Gasteiger partial charge in [0.1, 0.15) is 12.3 Å². The molecule has 0 N–H and O–H groups in total. The summed E-state index contributed by atoms with van der Waals surface area (Å²) in [6, 6.07) is 10.3. The first-order valence-electron chi connectivity index (χ1n) is 7.36. The maximum atomic E-state index is 12.1. The van der Waals surface area contributed by atoms with Gasteiger partial charge in [0.25, 0.3) is 5.56 Å². The van der Waals surface area contributed by atoms with Crippen LogP contribution in [0, 0.1) is 13.8 Å². The molecule has 0 saturated heterocycles. The quantitative estimate of drug-likeness (QED) is 0.646. The van der Waals surface area contributed by atoms with Gasteiger partial charge < -0.3 is 4.74 Å². The van der Waals surface area contributed by atoms with Crippen molar-refractivity contribution in [3.05, 3.63) is 79.8 Å². The predicted molar refractivity (Wildman–Crippen MR) is 94.2 cm³/mol. The number of benzene rings is 1. The highest BCUT2D eigenvalue weighted by molar-refractivity contribution is 9.10. The van der Waals surface area contributed by atoms with E-state index < -0.39 is 5.97 Å². The summed E-state index contributed by atoms with van der Waals surface area (Å²) in [5.74, 6) is -0.434. The zero-order chi connectivity index (χ0) is 17.3. The zero-order valence-corrected chi connectivity index (χ0v) is 14.8. The molecule has 0 aliphatic heterocycles. The third-order valence-corrected chi connectivity index (χ3v) is 4.24. The number of aromatic nitrogens is 2. The van der Waals surface area contributed by atoms with Gasteiger partial charge in [-0.3, -0.25) is 9.20 Å². The maximum Gasteiger partial charge on any atom is 0.338 e. The van der Waals surface area contributed by atoms with Crippen LogP contribution < -0.4 is 5.56 Å². The predicted octanol–water partition coefficient (Wildman–Crippen LogP) is 3.43. The number of esters is 1. The minimum Gasteiger partial charge on any atom is -0.456 e. The summed E-state index contributed by atoms with van der Waals surface area (Å²) >= 11 is 3.31. The Balaban J connectivity index is 1.80. The van der Waals surface area contributed by atoms with Crippen molar-refractivity contribution in [1.82, 2.24) is 9.38 Å². The first-order valence-corrected chi connectivity index (χ1v) is 8.15. The molecule has 0 saturated carbocycles. The topological polar surface area (TPSA) is 60.7 Å². The molecule has 2 heterocycles. The van der Waals surface area contributed by atoms with Crippen LogP contribution in [-0.4, -0.2) is 15.4 Å². The summed E-state index contributed by atoms with van der Waals surface area (Å²) in [5, 5.41) is 0. The molecule has 1 aromatic carbocycles. The zero-order valence-electron chi connectivity index (χ0n) is 13.2. The highest BCUT2D eigenvalue weighted by Crippen LogP contribution is 2.12. The summed E-state index contributed by atoms with van der Waals surface area (Å²) < 4.78 is 7.49. The second-order valence-electron chi connectivity index (χ2n) is 5.54. The first kappa shape index (κ1) is 16.4. The van der Waals surface area contributed by atoms with Gasteiger partial charge in [0.15, 0.2) is 0 Å². The molecule has 0 radical (unpaired) electrons. The summed E-state index contributed by atoms with van der Waals surface area (Å²) in [5.41, 5.74) is 3.32. The van der Waals surface area contributed by atoms with Crippen molar-refractivity contribution in [2.24, 2.45) is 0 Å². The van der Waals surface area contributed by atoms with Gasteiger partial charge in [0.2, 0.25) is 0 Å². The van der Waals surface area contributed by atoms with E-state index in [2.05, 4.69) is 20.9 Å². The van der Waals surface area contributed by atoms with Gasteiger partial charge in [-0.15, -0.1) is 0 Å². The Morgan fingerprint density at radius 3 is 2.71 bits per heavy atom. The molecule has 6 heteroatoms. The van der Waals surface area contributed by atoms with Crippen LogP contribution >= 0.6 is 15.9 Å². The fraction of sp³-hybridized carbons (Fsp3) is 0.167. The summed E-state index contributed by atoms with van der Waals surface area (Å²) in [6.07, 6.45) is 1.65. The number of hydrogen-bond acceptors (Lipinski definition) is 4. The molecule has 0 spiro atoms. The van der Waals surface area contributed by atoms with Crippen LogP contribution in [-0.2, 0) is 11.3 Å². The van der Waals surface area contributed by atoms with Crippen LogP contribution in [0.1, 0.15) is 27.2 Å². The molecule has 0 atom stereocenters. The Kier molecular flexibility index (Phi) is 4.49. The lowest BCUT2D eigenvalue weighted by molar-refractivity contribution is 0.0467. The molecule has 0 aliphatic carbocycles. The van der Waals surface area contributed by atoms with E-state index >= 15 is 0 Å². The number of carbonyl (C=O) groups is 1. The highest BCUT2D eigenvalue weighted by atomic mass is 79.9. The van der Waals surface area contributed by atoms with Crippen molar-refractivity contribution in [2.45, 2.75) is 20.5 Å². The number of nitrogens with zero attached hydrogens (tertiary/aromatic N) is 2. The fourth-order valence-electron chi connectivity index (χ4n) is 2.29. The Hall–Kier alpha value is -2.47. The van der Waals surface area contributed by atoms with Crippen LogP contribution in [0.2, 0.25) is 0 Å². The van der Waals surface area contributed by atoms with Crippen LogP contribution in [0.4, 0.5) is 0 Å². The first-order chi connectivity index (χ1) is 11.4. The van der Waals surface area contributed by atoms with Crippen molar-refractivity contribution >= 4 is 27.5 Å². The number of carbonyl (C=O) groups excluding carboxylic acids is 1. The molecule has 0 aliphatic rings. The van der Waals surface area contributed by atoms with E-state index in [1.54, 1.807) is 30.5 Å². The number of ether oxygens (including phenoxy) is 1. The van der Waals surface area contributed by atoms with E-state index in [9.17, 15) is 9.59 Å². The second kappa shape index (κ2) is 6.57. The molecule has 122 valence electrons. The van der Waals surface area contributed by atoms with Gasteiger partial charge in [-0.25, -0.2) is 9.78 Å². The molecule has 5 nitrogen and oxygen atoms in total. The summed E-state index contributed by atoms with van der Waals surface area (Å²) in [4.78, 5) is 28.6. The monoisotopic (exact) mass is 386 g/mol. The van der Waals surface area contributed by atoms with Crippen LogP contribution in [0.3, 0.4) is 0 Å². The Morgan fingerprint density at radius 1 is 1.17 bits per heavy atom. The summed E-state index contributed by atoms with van der Waals surface area (Å²) in [6.45, 7) is 3.87. The lowest BCUT2D eigenvalue weighted by atomic mass is 10.1. The third kappa shape index (κ3) is 3.38. The lowest BCUT2D eigenvalue weighted by Gasteiger charge is -2.07. The third-order valence-electron chi connectivity index (χ3n) is 3.77. The SMILES string of the molecule is Cc1ccc(C(=O)OCc2cc(=O)n3cc(Br)ccc3n2)cc1C. The van der Waals surface area contributed by atoms with E-state index in [0.29, 0.717) is 16.9 Å². The van der Waals surface area contributed by atoms with Gasteiger partial charge in [0.05, 0.1) is 11.3 Å². The van der Waals surface area contributed by atoms with E-state index in [0.717, 1.165) is 15.6 Å². The van der Waals surface area contributed by atoms with Crippen molar-refractivity contribution in [3.63, 3.8) is 0 Å². The summed E-state index contributed by atoms with van der Waals surface area (Å²) in [7, 11) is 0. The minimum atomic E-state index is -0.434. The molecule has 2 aromatic heterocycles. The Morgan fingerprint density at radius 2 is 1.96 bits per heavy atom. The van der Waals surface area contributed by atoms with Crippen molar-refractivity contribution in [2.75, 3.05) is 0 Å². The van der Waals surface area contributed by atoms with Gasteiger partial charge in [0, 0.05) is 16.7 Å². The molecule has 0 fully saturated rings. The standard InChI is InChI=1S/C18H15BrN2O3/c1-11-3-4-13(7-12(11)2)18(23)24-10-15-8-17(22)21-9-14(19)5-6-16(21)20-15/h3-9H,10H2,1-2H3. The van der Waals surface area contributed by atoms with Crippen molar-refractivity contribution in [3.8, 4) is 0 Å². The van der Waals surface area contributed by atoms with E-state index in [-0.39, 0.29) is 12.2 Å². The van der Waals surface area contributed by atoms with Gasteiger partial charge in [-0.2, -0.15) is 0 Å². The number of pyridine rings is 1. The van der Waals surface area contributed by atoms with E-state index in [1.165, 1.54) is 10.5 Å². The van der Waals surface area contributed by atoms with Crippen molar-refractivity contribution in [1.29, 1.82) is 0 Å². The normalized spacial score (nSPS) is 10.8. The number of hydrogen-bond donors (Lipinski definition) is 0. The number of aryl methyl sites for hydroxylation is 2. The van der Waals surface area contributed by atoms with Crippen molar-refractivity contribution < 1.29 is 9.53 Å². The molecule has 3 aromatic rings. The Bertz CT molecular complexity index is 995. The second-order valence-corrected chi connectivity index (χ2v) is 6.45. The molecule has 24 heavy (non-hydrogen) atoms. The number of rotatable bonds is 3. The van der Waals surface area contributed by atoms with Crippen LogP contribution in [0.25, 0.3) is 5.65 Å². The minimum absolute atomic E-state index is 0.0481. The molecule has 0 amide bonds. The maximum absolute atomic E-state index is 12.1. The molecule has 0 bridgehead atoms. The average molecular weight is 387 g/mol. The molecule has 0 unspecified atom stereocenters. The molecular weight excluding hydrogens is 372 g/mol. The van der Waals surface area contributed by atoms with Gasteiger partial charge >= 0.3 is 5.97 Å². The fourth-order valence-corrected chi connectivity index (χ4v) is 2.63. The largest absolute Gasteiger partial charge is 0.456 e. The van der Waals surface area contributed by atoms with E-state index in [4.69, 9.17) is 4.74 Å². The van der Waals surface area contributed by atoms with Gasteiger partial charge in [-0.1, -0.05) is 6.07 Å². The van der Waals surface area contributed by atoms with E-state index in [1.807, 2.05) is 19.9 Å². The average Bonchev–Trinajstić information content (AvgIpc) is 2.56. The number of fused-ring (bicyclic) bond motifs is 1. The lowest BCUT2D eigenvalue weighted by Crippen LogP contribution is -2.16. The molecule has 3 rings (SSSR count). The number of halogens is 1.